The summed E-state index contributed by atoms with van der Waals surface area (Å²) in [6, 6.07) is 23.1. The first kappa shape index (κ1) is 21.9. The van der Waals surface area contributed by atoms with Crippen LogP contribution in [0.15, 0.2) is 108 Å². The van der Waals surface area contributed by atoms with Crippen molar-refractivity contribution in [2.45, 2.75) is 64.2 Å². The number of hydrogen-bond donors (Lipinski definition) is 0. The predicted molar refractivity (Wildman–Crippen MR) is 144 cm³/mol. The normalized spacial score (nSPS) is 34.8. The van der Waals surface area contributed by atoms with E-state index in [-0.39, 0.29) is 21.7 Å². The Morgan fingerprint density at radius 3 is 1.29 bits per heavy atom. The van der Waals surface area contributed by atoms with Gasteiger partial charge in [-0.05, 0) is 47.6 Å². The summed E-state index contributed by atoms with van der Waals surface area (Å²) >= 11 is 0. The van der Waals surface area contributed by atoms with E-state index in [1.807, 2.05) is 0 Å². The van der Waals surface area contributed by atoms with Crippen molar-refractivity contribution in [3.05, 3.63) is 119 Å². The Morgan fingerprint density at radius 2 is 0.912 bits per heavy atom. The summed E-state index contributed by atoms with van der Waals surface area (Å²) in [5, 5.41) is 0. The van der Waals surface area contributed by atoms with Crippen molar-refractivity contribution in [3.63, 3.8) is 0 Å². The van der Waals surface area contributed by atoms with E-state index in [1.165, 1.54) is 36.8 Å². The zero-order chi connectivity index (χ0) is 23.6. The molecule has 4 aliphatic carbocycles. The molecule has 4 unspecified atom stereocenters. The molecule has 0 N–H and O–H groups in total. The quantitative estimate of drug-likeness (QED) is 0.442. The van der Waals surface area contributed by atoms with E-state index in [1.54, 1.807) is 11.1 Å². The first-order valence-electron chi connectivity index (χ1n) is 13.2. The van der Waals surface area contributed by atoms with Crippen molar-refractivity contribution >= 4 is 0 Å². The molecular formula is C34H38. The summed E-state index contributed by atoms with van der Waals surface area (Å²) < 4.78 is 0. The SMILES string of the molecule is CC1(C)CCC(c2ccccc2)(C2(c3ccccc3)CCC(C)(C)C3C=CC=C32)C2=CC=CC21. The maximum Gasteiger partial charge on any atom is 0.0305 e. The molecule has 0 heteroatoms. The molecule has 6 rings (SSSR count). The van der Waals surface area contributed by atoms with Crippen molar-refractivity contribution in [2.24, 2.45) is 22.7 Å². The average molecular weight is 447 g/mol. The van der Waals surface area contributed by atoms with Crippen LogP contribution >= 0.6 is 0 Å². The van der Waals surface area contributed by atoms with Gasteiger partial charge in [-0.25, -0.2) is 0 Å². The third-order valence-corrected chi connectivity index (χ3v) is 10.0. The van der Waals surface area contributed by atoms with Crippen molar-refractivity contribution in [3.8, 4) is 0 Å². The summed E-state index contributed by atoms with van der Waals surface area (Å²) in [6.07, 6.45) is 19.6. The Morgan fingerprint density at radius 1 is 0.529 bits per heavy atom. The maximum atomic E-state index is 2.50. The summed E-state index contributed by atoms with van der Waals surface area (Å²) in [4.78, 5) is 0. The largest absolute Gasteiger partial charge is 0.0768 e. The monoisotopic (exact) mass is 446 g/mol. The molecule has 0 saturated heterocycles. The number of hydrogen-bond acceptors (Lipinski definition) is 0. The van der Waals surface area contributed by atoms with Crippen LogP contribution in [0.2, 0.25) is 0 Å². The highest BCUT2D eigenvalue weighted by Crippen LogP contribution is 2.70. The summed E-state index contributed by atoms with van der Waals surface area (Å²) in [5.74, 6) is 0.982. The second-order valence-electron chi connectivity index (χ2n) is 12.5. The lowest BCUT2D eigenvalue weighted by atomic mass is 9.39. The molecule has 0 spiro atoms. The molecule has 2 aromatic carbocycles. The Hall–Kier alpha value is -2.60. The molecule has 0 nitrogen and oxygen atoms in total. The van der Waals surface area contributed by atoms with Gasteiger partial charge in [-0.2, -0.15) is 0 Å². The zero-order valence-electron chi connectivity index (χ0n) is 21.2. The van der Waals surface area contributed by atoms with Gasteiger partial charge in [-0.1, -0.05) is 136 Å². The fraction of sp³-hybridized carbons (Fsp3) is 0.412. The Kier molecular flexibility index (Phi) is 4.80. The fourth-order valence-electron chi connectivity index (χ4n) is 8.23. The molecule has 34 heavy (non-hydrogen) atoms. The summed E-state index contributed by atoms with van der Waals surface area (Å²) in [5.41, 5.74) is 6.75. The van der Waals surface area contributed by atoms with Gasteiger partial charge in [0, 0.05) is 22.7 Å². The van der Waals surface area contributed by atoms with E-state index in [4.69, 9.17) is 0 Å². The van der Waals surface area contributed by atoms with Gasteiger partial charge in [-0.15, -0.1) is 0 Å². The lowest BCUT2D eigenvalue weighted by Gasteiger charge is -2.63. The van der Waals surface area contributed by atoms with E-state index in [0.717, 1.165) is 0 Å². The first-order valence-corrected chi connectivity index (χ1v) is 13.2. The van der Waals surface area contributed by atoms with Crippen LogP contribution < -0.4 is 0 Å². The molecule has 0 aliphatic heterocycles. The molecule has 0 bridgehead atoms. The molecule has 0 heterocycles. The van der Waals surface area contributed by atoms with Crippen LogP contribution in [0, 0.1) is 22.7 Å². The van der Waals surface area contributed by atoms with Crippen LogP contribution in [0.4, 0.5) is 0 Å². The highest BCUT2D eigenvalue weighted by atomic mass is 14.7. The minimum absolute atomic E-state index is 0.0497. The van der Waals surface area contributed by atoms with Crippen LogP contribution in [0.1, 0.15) is 64.5 Å². The van der Waals surface area contributed by atoms with Gasteiger partial charge in [0.2, 0.25) is 0 Å². The van der Waals surface area contributed by atoms with Crippen LogP contribution in [0.25, 0.3) is 0 Å². The zero-order valence-corrected chi connectivity index (χ0v) is 21.2. The molecule has 2 aromatic rings. The molecular weight excluding hydrogens is 408 g/mol. The standard InChI is InChI=1S/C34H38/c1-31(2)21-23-33(25-13-7-5-8-14-25,29-19-11-17-27(29)31)34(26-15-9-6-10-16-26)24-22-32(3,4)28-18-12-20-30(28)34/h5-20,27-28H,21-24H2,1-4H3. The van der Waals surface area contributed by atoms with Crippen molar-refractivity contribution in [1.82, 2.24) is 0 Å². The van der Waals surface area contributed by atoms with Gasteiger partial charge in [0.25, 0.3) is 0 Å². The highest BCUT2D eigenvalue weighted by molar-refractivity contribution is 5.60. The third-order valence-electron chi connectivity index (χ3n) is 10.0. The Balaban J connectivity index is 1.70. The fourth-order valence-corrected chi connectivity index (χ4v) is 8.23. The van der Waals surface area contributed by atoms with Crippen molar-refractivity contribution in [2.75, 3.05) is 0 Å². The minimum atomic E-state index is -0.0497. The third kappa shape index (κ3) is 2.78. The molecule has 0 amide bonds. The van der Waals surface area contributed by atoms with Gasteiger partial charge < -0.3 is 0 Å². The van der Waals surface area contributed by atoms with Gasteiger partial charge in [-0.3, -0.25) is 0 Å². The first-order chi connectivity index (χ1) is 16.3. The van der Waals surface area contributed by atoms with E-state index in [2.05, 4.69) is 125 Å². The molecule has 2 fully saturated rings. The van der Waals surface area contributed by atoms with Crippen LogP contribution in [0.3, 0.4) is 0 Å². The van der Waals surface area contributed by atoms with E-state index in [9.17, 15) is 0 Å². The second kappa shape index (κ2) is 7.45. The van der Waals surface area contributed by atoms with Crippen molar-refractivity contribution in [1.29, 1.82) is 0 Å². The topological polar surface area (TPSA) is 0 Å². The van der Waals surface area contributed by atoms with Crippen molar-refractivity contribution < 1.29 is 0 Å². The predicted octanol–water partition coefficient (Wildman–Crippen LogP) is 8.73. The lowest BCUT2D eigenvalue weighted by molar-refractivity contribution is 0.0806. The highest BCUT2D eigenvalue weighted by Gasteiger charge is 2.64. The molecule has 0 radical (unpaired) electrons. The average Bonchev–Trinajstić information content (AvgIpc) is 3.54. The molecule has 174 valence electrons. The van der Waals surface area contributed by atoms with Gasteiger partial charge in [0.05, 0.1) is 0 Å². The van der Waals surface area contributed by atoms with Gasteiger partial charge in [0.1, 0.15) is 0 Å². The van der Waals surface area contributed by atoms with Crippen LogP contribution in [-0.4, -0.2) is 0 Å². The number of fused-ring (bicyclic) bond motifs is 2. The lowest BCUT2D eigenvalue weighted by Crippen LogP contribution is -2.59. The van der Waals surface area contributed by atoms with Crippen LogP contribution in [0.5, 0.6) is 0 Å². The van der Waals surface area contributed by atoms with Crippen LogP contribution in [-0.2, 0) is 10.8 Å². The van der Waals surface area contributed by atoms with E-state index < -0.39 is 0 Å². The second-order valence-corrected chi connectivity index (χ2v) is 12.5. The Bertz CT molecular complexity index is 1110. The van der Waals surface area contributed by atoms with E-state index in [0.29, 0.717) is 11.8 Å². The molecule has 0 aromatic heterocycles. The number of rotatable bonds is 3. The number of allylic oxidation sites excluding steroid dienone is 8. The van der Waals surface area contributed by atoms with E-state index >= 15 is 0 Å². The number of benzene rings is 2. The summed E-state index contributed by atoms with van der Waals surface area (Å²) in [6.45, 7) is 9.92. The molecule has 2 saturated carbocycles. The molecule has 4 atom stereocenters. The van der Waals surface area contributed by atoms with Gasteiger partial charge in [0.15, 0.2) is 0 Å². The Labute approximate surface area is 206 Å². The molecule has 4 aliphatic rings. The smallest absolute Gasteiger partial charge is 0.0305 e. The maximum absolute atomic E-state index is 2.50. The van der Waals surface area contributed by atoms with Gasteiger partial charge >= 0.3 is 0 Å². The summed E-state index contributed by atoms with van der Waals surface area (Å²) in [7, 11) is 0. The minimum Gasteiger partial charge on any atom is -0.0768 e.